The van der Waals surface area contributed by atoms with Crippen LogP contribution in [0.1, 0.15) is 56.2 Å². The summed E-state index contributed by atoms with van der Waals surface area (Å²) in [7, 11) is 1.98. The highest BCUT2D eigenvalue weighted by Crippen LogP contribution is 2.17. The van der Waals surface area contributed by atoms with Crippen LogP contribution in [0.25, 0.3) is 0 Å². The second-order valence-electron chi connectivity index (χ2n) is 7.69. The fourth-order valence-corrected chi connectivity index (χ4v) is 3.49. The van der Waals surface area contributed by atoms with Crippen LogP contribution in [-0.4, -0.2) is 39.9 Å². The SMILES string of the molecule is CCCOc1cccc(CCNC(=NCc2nnc(C)n2C)NC2CCCC2)c1.I. The summed E-state index contributed by atoms with van der Waals surface area (Å²) >= 11 is 0. The number of guanidine groups is 1. The molecule has 0 spiro atoms. The Kier molecular flexibility index (Phi) is 10.4. The van der Waals surface area contributed by atoms with Crippen LogP contribution in [0.5, 0.6) is 5.75 Å². The van der Waals surface area contributed by atoms with Crippen molar-refractivity contribution >= 4 is 29.9 Å². The predicted molar refractivity (Wildman–Crippen MR) is 132 cm³/mol. The molecular weight excluding hydrogens is 491 g/mol. The number of benzene rings is 1. The minimum absolute atomic E-state index is 0. The van der Waals surface area contributed by atoms with Gasteiger partial charge in [-0.15, -0.1) is 34.2 Å². The first-order valence-corrected chi connectivity index (χ1v) is 10.8. The normalized spacial score (nSPS) is 14.4. The first kappa shape index (κ1) is 24.4. The highest BCUT2D eigenvalue weighted by atomic mass is 127. The van der Waals surface area contributed by atoms with Gasteiger partial charge in [0.05, 0.1) is 6.61 Å². The van der Waals surface area contributed by atoms with Crippen LogP contribution in [0.3, 0.4) is 0 Å². The maximum atomic E-state index is 5.74. The molecule has 166 valence electrons. The highest BCUT2D eigenvalue weighted by molar-refractivity contribution is 14.0. The van der Waals surface area contributed by atoms with Gasteiger partial charge in [-0.2, -0.15) is 0 Å². The number of nitrogens with one attached hydrogen (secondary N) is 2. The van der Waals surface area contributed by atoms with Crippen LogP contribution in [-0.2, 0) is 20.0 Å². The van der Waals surface area contributed by atoms with E-state index < -0.39 is 0 Å². The molecule has 0 bridgehead atoms. The highest BCUT2D eigenvalue weighted by Gasteiger charge is 2.16. The molecule has 8 heteroatoms. The van der Waals surface area contributed by atoms with E-state index in [0.717, 1.165) is 49.4 Å². The molecule has 0 radical (unpaired) electrons. The second-order valence-corrected chi connectivity index (χ2v) is 7.69. The molecule has 1 heterocycles. The van der Waals surface area contributed by atoms with Crippen molar-refractivity contribution in [2.45, 2.75) is 65.0 Å². The zero-order chi connectivity index (χ0) is 20.5. The number of nitrogens with zero attached hydrogens (tertiary/aromatic N) is 4. The summed E-state index contributed by atoms with van der Waals surface area (Å²) in [6.07, 6.45) is 6.93. The van der Waals surface area contributed by atoms with Gasteiger partial charge in [0.2, 0.25) is 0 Å². The minimum Gasteiger partial charge on any atom is -0.494 e. The van der Waals surface area contributed by atoms with Gasteiger partial charge in [-0.25, -0.2) is 4.99 Å². The fourth-order valence-electron chi connectivity index (χ4n) is 3.49. The van der Waals surface area contributed by atoms with Gasteiger partial charge in [0.15, 0.2) is 11.8 Å². The van der Waals surface area contributed by atoms with Crippen molar-refractivity contribution in [1.82, 2.24) is 25.4 Å². The topological polar surface area (TPSA) is 76.4 Å². The molecule has 0 unspecified atom stereocenters. The molecule has 0 saturated heterocycles. The Bertz CT molecular complexity index is 801. The number of aliphatic imine (C=N–C) groups is 1. The maximum Gasteiger partial charge on any atom is 0.191 e. The summed E-state index contributed by atoms with van der Waals surface area (Å²) in [5, 5.41) is 15.4. The average molecular weight is 526 g/mol. The summed E-state index contributed by atoms with van der Waals surface area (Å²) in [5.41, 5.74) is 1.26. The van der Waals surface area contributed by atoms with Gasteiger partial charge in [-0.1, -0.05) is 31.9 Å². The first-order chi connectivity index (χ1) is 14.2. The maximum absolute atomic E-state index is 5.74. The van der Waals surface area contributed by atoms with E-state index >= 15 is 0 Å². The molecule has 1 saturated carbocycles. The van der Waals surface area contributed by atoms with Crippen molar-refractivity contribution < 1.29 is 4.74 Å². The standard InChI is InChI=1S/C22H34N6O.HI/c1-4-14-29-20-11-7-8-18(15-20)12-13-23-22(25-19-9-5-6-10-19)24-16-21-27-26-17(2)28(21)3;/h7-8,11,15,19H,4-6,9-10,12-14,16H2,1-3H3,(H2,23,24,25);1H. The Morgan fingerprint density at radius 1 is 1.27 bits per heavy atom. The Morgan fingerprint density at radius 3 is 2.77 bits per heavy atom. The van der Waals surface area contributed by atoms with Gasteiger partial charge in [0.25, 0.3) is 0 Å². The van der Waals surface area contributed by atoms with E-state index in [9.17, 15) is 0 Å². The van der Waals surface area contributed by atoms with Crippen molar-refractivity contribution in [2.75, 3.05) is 13.2 Å². The summed E-state index contributed by atoms with van der Waals surface area (Å²) in [5.74, 6) is 3.57. The van der Waals surface area contributed by atoms with Crippen LogP contribution in [0.15, 0.2) is 29.3 Å². The number of halogens is 1. The van der Waals surface area contributed by atoms with Crippen LogP contribution >= 0.6 is 24.0 Å². The molecule has 7 nitrogen and oxygen atoms in total. The molecule has 30 heavy (non-hydrogen) atoms. The first-order valence-electron chi connectivity index (χ1n) is 10.8. The number of hydrogen-bond donors (Lipinski definition) is 2. The quantitative estimate of drug-likeness (QED) is 0.296. The van der Waals surface area contributed by atoms with Crippen LogP contribution < -0.4 is 15.4 Å². The molecule has 0 atom stereocenters. The lowest BCUT2D eigenvalue weighted by atomic mass is 10.1. The number of hydrogen-bond acceptors (Lipinski definition) is 4. The molecular formula is C22H35IN6O. The van der Waals surface area contributed by atoms with Gasteiger partial charge in [-0.3, -0.25) is 0 Å². The van der Waals surface area contributed by atoms with E-state index in [2.05, 4.69) is 46.0 Å². The Morgan fingerprint density at radius 2 is 2.07 bits per heavy atom. The van der Waals surface area contributed by atoms with Crippen LogP contribution in [0.2, 0.25) is 0 Å². The van der Waals surface area contributed by atoms with Crippen molar-refractivity contribution in [3.8, 4) is 5.75 Å². The summed E-state index contributed by atoms with van der Waals surface area (Å²) < 4.78 is 7.73. The molecule has 1 aromatic heterocycles. The minimum atomic E-state index is 0. The lowest BCUT2D eigenvalue weighted by Gasteiger charge is -2.17. The number of aromatic nitrogens is 3. The van der Waals surface area contributed by atoms with Crippen LogP contribution in [0, 0.1) is 6.92 Å². The van der Waals surface area contributed by atoms with Gasteiger partial charge in [0, 0.05) is 19.6 Å². The average Bonchev–Trinajstić information content (AvgIpc) is 3.35. The Balaban J connectivity index is 0.00000320. The van der Waals surface area contributed by atoms with Crippen molar-refractivity contribution in [3.63, 3.8) is 0 Å². The van der Waals surface area contributed by atoms with E-state index in [0.29, 0.717) is 12.6 Å². The molecule has 0 amide bonds. The number of ether oxygens (including phenoxy) is 1. The lowest BCUT2D eigenvalue weighted by Crippen LogP contribution is -2.43. The zero-order valence-corrected chi connectivity index (χ0v) is 20.7. The van der Waals surface area contributed by atoms with Gasteiger partial charge in [-0.05, 0) is 50.3 Å². The Labute approximate surface area is 197 Å². The molecule has 1 aliphatic rings. The number of rotatable bonds is 9. The van der Waals surface area contributed by atoms with E-state index in [4.69, 9.17) is 9.73 Å². The van der Waals surface area contributed by atoms with Crippen LogP contribution in [0.4, 0.5) is 0 Å². The van der Waals surface area contributed by atoms with Gasteiger partial charge in [0.1, 0.15) is 18.1 Å². The molecule has 2 aromatic rings. The van der Waals surface area contributed by atoms with Gasteiger partial charge >= 0.3 is 0 Å². The smallest absolute Gasteiger partial charge is 0.191 e. The third-order valence-electron chi connectivity index (χ3n) is 5.33. The third-order valence-corrected chi connectivity index (χ3v) is 5.33. The molecule has 2 N–H and O–H groups in total. The summed E-state index contributed by atoms with van der Waals surface area (Å²) in [6, 6.07) is 8.85. The number of aryl methyl sites for hydroxylation is 1. The largest absolute Gasteiger partial charge is 0.494 e. The summed E-state index contributed by atoms with van der Waals surface area (Å²) in [4.78, 5) is 4.77. The van der Waals surface area contributed by atoms with E-state index in [-0.39, 0.29) is 24.0 Å². The lowest BCUT2D eigenvalue weighted by molar-refractivity contribution is 0.317. The Hall–Kier alpha value is -1.84. The fraction of sp³-hybridized carbons (Fsp3) is 0.591. The van der Waals surface area contributed by atoms with Crippen molar-refractivity contribution in [1.29, 1.82) is 0 Å². The summed E-state index contributed by atoms with van der Waals surface area (Å²) in [6.45, 7) is 6.15. The molecule has 3 rings (SSSR count). The molecule has 1 aromatic carbocycles. The van der Waals surface area contributed by atoms with E-state index in [1.807, 2.05) is 24.6 Å². The molecule has 1 aliphatic carbocycles. The third kappa shape index (κ3) is 7.45. The van der Waals surface area contributed by atoms with Gasteiger partial charge < -0.3 is 19.9 Å². The molecule has 0 aliphatic heterocycles. The monoisotopic (exact) mass is 526 g/mol. The van der Waals surface area contributed by atoms with E-state index in [1.165, 1.54) is 31.2 Å². The van der Waals surface area contributed by atoms with E-state index in [1.54, 1.807) is 0 Å². The second kappa shape index (κ2) is 12.8. The predicted octanol–water partition coefficient (Wildman–Crippen LogP) is 3.75. The zero-order valence-electron chi connectivity index (χ0n) is 18.4. The molecule has 1 fully saturated rings. The van der Waals surface area contributed by atoms with Crippen molar-refractivity contribution in [2.24, 2.45) is 12.0 Å². The van der Waals surface area contributed by atoms with Crippen molar-refractivity contribution in [3.05, 3.63) is 41.5 Å².